The normalized spacial score (nSPS) is 10.3. The van der Waals surface area contributed by atoms with Crippen molar-refractivity contribution >= 4 is 5.78 Å². The van der Waals surface area contributed by atoms with Crippen LogP contribution in [0, 0.1) is 19.7 Å². The van der Waals surface area contributed by atoms with Gasteiger partial charge in [0, 0.05) is 16.7 Å². The Balaban J connectivity index is 3.31. The molecule has 88 valence electrons. The van der Waals surface area contributed by atoms with Gasteiger partial charge >= 0.3 is 0 Å². The Morgan fingerprint density at radius 2 is 2.06 bits per heavy atom. The van der Waals surface area contributed by atoms with Gasteiger partial charge in [-0.05, 0) is 27.0 Å². The van der Waals surface area contributed by atoms with Gasteiger partial charge in [0.1, 0.15) is 11.6 Å². The quantitative estimate of drug-likeness (QED) is 0.795. The molecule has 0 radical (unpaired) electrons. The van der Waals surface area contributed by atoms with Crippen LogP contribution in [-0.2, 0) is 0 Å². The fourth-order valence-corrected chi connectivity index (χ4v) is 1.71. The lowest BCUT2D eigenvalue weighted by Gasteiger charge is -2.13. The average Bonchev–Trinajstić information content (AvgIpc) is 2.24. The molecule has 0 bridgehead atoms. The van der Waals surface area contributed by atoms with Crippen LogP contribution in [0.4, 0.5) is 4.39 Å². The van der Waals surface area contributed by atoms with Gasteiger partial charge in [-0.25, -0.2) is 4.39 Å². The number of rotatable bonds is 4. The monoisotopic (exact) mass is 225 g/mol. The van der Waals surface area contributed by atoms with Gasteiger partial charge in [-0.1, -0.05) is 0 Å². The van der Waals surface area contributed by atoms with Crippen LogP contribution in [0.1, 0.15) is 21.5 Å². The Hall–Kier alpha value is -1.42. The first-order valence-corrected chi connectivity index (χ1v) is 5.04. The first kappa shape index (κ1) is 12.6. The van der Waals surface area contributed by atoms with Gasteiger partial charge in [-0.15, -0.1) is 0 Å². The largest absolute Gasteiger partial charge is 0.496 e. The van der Waals surface area contributed by atoms with Crippen molar-refractivity contribution < 1.29 is 13.9 Å². The van der Waals surface area contributed by atoms with Crippen LogP contribution in [0.3, 0.4) is 0 Å². The summed E-state index contributed by atoms with van der Waals surface area (Å²) in [5, 5.41) is 2.75. The highest BCUT2D eigenvalue weighted by molar-refractivity contribution is 5.99. The van der Waals surface area contributed by atoms with E-state index in [1.165, 1.54) is 13.2 Å². The van der Waals surface area contributed by atoms with Crippen LogP contribution in [0.5, 0.6) is 5.75 Å². The van der Waals surface area contributed by atoms with Gasteiger partial charge in [0.2, 0.25) is 0 Å². The fourth-order valence-electron chi connectivity index (χ4n) is 1.71. The molecule has 0 aliphatic carbocycles. The van der Waals surface area contributed by atoms with Crippen molar-refractivity contribution in [1.82, 2.24) is 5.32 Å². The van der Waals surface area contributed by atoms with Crippen molar-refractivity contribution in [2.24, 2.45) is 0 Å². The third-order valence-corrected chi connectivity index (χ3v) is 2.56. The van der Waals surface area contributed by atoms with E-state index >= 15 is 0 Å². The Bertz CT molecular complexity index is 416. The van der Waals surface area contributed by atoms with E-state index in [0.29, 0.717) is 22.4 Å². The standard InChI is InChI=1S/C12H16FNO2/c1-7-9(11(15)6-14-3)5-10(13)8(2)12(7)16-4/h5,14H,6H2,1-4H3. The van der Waals surface area contributed by atoms with Crippen LogP contribution in [0.2, 0.25) is 0 Å². The molecule has 0 amide bonds. The number of ketones is 1. The van der Waals surface area contributed by atoms with Gasteiger partial charge in [0.05, 0.1) is 13.7 Å². The van der Waals surface area contributed by atoms with E-state index in [0.717, 1.165) is 0 Å². The molecule has 3 nitrogen and oxygen atoms in total. The maximum Gasteiger partial charge on any atom is 0.177 e. The predicted octanol–water partition coefficient (Wildman–Crippen LogP) is 1.85. The summed E-state index contributed by atoms with van der Waals surface area (Å²) in [4.78, 5) is 11.7. The van der Waals surface area contributed by atoms with E-state index in [4.69, 9.17) is 4.74 Å². The summed E-state index contributed by atoms with van der Waals surface area (Å²) in [6, 6.07) is 1.27. The Labute approximate surface area is 94.6 Å². The topological polar surface area (TPSA) is 38.3 Å². The molecular weight excluding hydrogens is 209 g/mol. The van der Waals surface area contributed by atoms with Crippen molar-refractivity contribution in [3.63, 3.8) is 0 Å². The number of likely N-dealkylation sites (N-methyl/N-ethyl adjacent to an activating group) is 1. The molecule has 0 aliphatic rings. The number of nitrogens with one attached hydrogen (secondary N) is 1. The number of methoxy groups -OCH3 is 1. The number of carbonyl (C=O) groups excluding carboxylic acids is 1. The minimum absolute atomic E-state index is 0.141. The smallest absolute Gasteiger partial charge is 0.177 e. The molecule has 0 saturated heterocycles. The van der Waals surface area contributed by atoms with Crippen LogP contribution in [0.15, 0.2) is 6.07 Å². The third kappa shape index (κ3) is 2.22. The van der Waals surface area contributed by atoms with E-state index in [-0.39, 0.29) is 12.3 Å². The Morgan fingerprint density at radius 1 is 1.44 bits per heavy atom. The molecule has 16 heavy (non-hydrogen) atoms. The average molecular weight is 225 g/mol. The van der Waals surface area contributed by atoms with E-state index in [1.807, 2.05) is 0 Å². The van der Waals surface area contributed by atoms with Crippen molar-refractivity contribution in [1.29, 1.82) is 0 Å². The second-order valence-electron chi connectivity index (χ2n) is 3.64. The van der Waals surface area contributed by atoms with Crippen molar-refractivity contribution in [2.75, 3.05) is 20.7 Å². The molecule has 4 heteroatoms. The zero-order valence-corrected chi connectivity index (χ0v) is 9.98. The Morgan fingerprint density at radius 3 is 2.56 bits per heavy atom. The number of hydrogen-bond acceptors (Lipinski definition) is 3. The number of carbonyl (C=O) groups is 1. The lowest BCUT2D eigenvalue weighted by molar-refractivity contribution is 0.0992. The molecule has 1 aromatic carbocycles. The minimum Gasteiger partial charge on any atom is -0.496 e. The van der Waals surface area contributed by atoms with Gasteiger partial charge in [0.15, 0.2) is 5.78 Å². The molecule has 1 N–H and O–H groups in total. The first-order valence-electron chi connectivity index (χ1n) is 5.04. The number of benzene rings is 1. The lowest BCUT2D eigenvalue weighted by Crippen LogP contribution is -2.20. The molecule has 0 heterocycles. The highest BCUT2D eigenvalue weighted by atomic mass is 19.1. The molecule has 0 spiro atoms. The maximum atomic E-state index is 13.6. The lowest BCUT2D eigenvalue weighted by atomic mass is 10.00. The van der Waals surface area contributed by atoms with Gasteiger partial charge in [-0.3, -0.25) is 4.79 Å². The van der Waals surface area contributed by atoms with Crippen LogP contribution in [-0.4, -0.2) is 26.5 Å². The van der Waals surface area contributed by atoms with Crippen LogP contribution in [0.25, 0.3) is 0 Å². The highest BCUT2D eigenvalue weighted by Gasteiger charge is 2.17. The second kappa shape index (κ2) is 5.07. The molecule has 0 unspecified atom stereocenters. The summed E-state index contributed by atoms with van der Waals surface area (Å²) in [5.41, 5.74) is 1.48. The van der Waals surface area contributed by atoms with E-state index in [1.54, 1.807) is 20.9 Å². The summed E-state index contributed by atoms with van der Waals surface area (Å²) in [7, 11) is 3.15. The third-order valence-electron chi connectivity index (χ3n) is 2.56. The second-order valence-corrected chi connectivity index (χ2v) is 3.64. The first-order chi connectivity index (χ1) is 7.52. The van der Waals surface area contributed by atoms with Gasteiger partial charge in [0.25, 0.3) is 0 Å². The summed E-state index contributed by atoms with van der Waals surface area (Å²) in [6.45, 7) is 3.58. The molecule has 0 aliphatic heterocycles. The molecule has 0 aromatic heterocycles. The molecule has 1 rings (SSSR count). The molecule has 0 fully saturated rings. The molecule has 1 aromatic rings. The van der Waals surface area contributed by atoms with Crippen molar-refractivity contribution in [3.8, 4) is 5.75 Å². The predicted molar refractivity (Wildman–Crippen MR) is 60.7 cm³/mol. The van der Waals surface area contributed by atoms with Crippen molar-refractivity contribution in [2.45, 2.75) is 13.8 Å². The van der Waals surface area contributed by atoms with E-state index < -0.39 is 5.82 Å². The van der Waals surface area contributed by atoms with Crippen molar-refractivity contribution in [3.05, 3.63) is 28.6 Å². The summed E-state index contributed by atoms with van der Waals surface area (Å²) >= 11 is 0. The molecule has 0 atom stereocenters. The molecule has 0 saturated carbocycles. The summed E-state index contributed by atoms with van der Waals surface area (Å²) < 4.78 is 18.7. The number of ether oxygens (including phenoxy) is 1. The number of Topliss-reactive ketones (excluding diaryl/α,β-unsaturated/α-hetero) is 1. The minimum atomic E-state index is -0.415. The van der Waals surface area contributed by atoms with Crippen LogP contribution >= 0.6 is 0 Å². The zero-order valence-electron chi connectivity index (χ0n) is 9.98. The zero-order chi connectivity index (χ0) is 12.3. The van der Waals surface area contributed by atoms with E-state index in [9.17, 15) is 9.18 Å². The summed E-state index contributed by atoms with van der Waals surface area (Å²) in [5.74, 6) is -0.112. The van der Waals surface area contributed by atoms with E-state index in [2.05, 4.69) is 5.32 Å². The SMILES string of the molecule is CNCC(=O)c1cc(F)c(C)c(OC)c1C. The molecular formula is C12H16FNO2. The van der Waals surface area contributed by atoms with Gasteiger partial charge in [-0.2, -0.15) is 0 Å². The maximum absolute atomic E-state index is 13.6. The highest BCUT2D eigenvalue weighted by Crippen LogP contribution is 2.28. The number of halogens is 1. The fraction of sp³-hybridized carbons (Fsp3) is 0.417. The van der Waals surface area contributed by atoms with Gasteiger partial charge < -0.3 is 10.1 Å². The number of hydrogen-bond donors (Lipinski definition) is 1. The Kier molecular flexibility index (Phi) is 4.01. The van der Waals surface area contributed by atoms with Crippen LogP contribution < -0.4 is 10.1 Å². The summed E-state index contributed by atoms with van der Waals surface area (Å²) in [6.07, 6.45) is 0.